The van der Waals surface area contributed by atoms with Gasteiger partial charge >= 0.3 is 0 Å². The van der Waals surface area contributed by atoms with Gasteiger partial charge in [0, 0.05) is 32.3 Å². The summed E-state index contributed by atoms with van der Waals surface area (Å²) in [6.07, 6.45) is 4.82. The van der Waals surface area contributed by atoms with E-state index < -0.39 is 0 Å². The van der Waals surface area contributed by atoms with Crippen molar-refractivity contribution >= 4 is 16.7 Å². The van der Waals surface area contributed by atoms with Crippen molar-refractivity contribution in [1.29, 1.82) is 0 Å². The molecule has 0 amide bonds. The van der Waals surface area contributed by atoms with E-state index in [0.717, 1.165) is 38.6 Å². The number of nitrogens with zero attached hydrogens (tertiary/aromatic N) is 2. The number of guanidine groups is 1. The van der Waals surface area contributed by atoms with Gasteiger partial charge in [-0.2, -0.15) is 0 Å². The highest BCUT2D eigenvalue weighted by Crippen LogP contribution is 2.30. The van der Waals surface area contributed by atoms with Gasteiger partial charge in [-0.05, 0) is 68.1 Å². The van der Waals surface area contributed by atoms with Crippen LogP contribution in [-0.2, 0) is 4.74 Å². The smallest absolute Gasteiger partial charge is 0.191 e. The summed E-state index contributed by atoms with van der Waals surface area (Å²) in [5.74, 6) is 0.871. The lowest BCUT2D eigenvalue weighted by atomic mass is 9.88. The number of hydrogen-bond donors (Lipinski definition) is 2. The number of ether oxygens (including phenoxy) is 1. The third-order valence-electron chi connectivity index (χ3n) is 6.64. The van der Waals surface area contributed by atoms with Crippen molar-refractivity contribution in [1.82, 2.24) is 15.5 Å². The number of aliphatic imine (C=N–C) groups is 1. The van der Waals surface area contributed by atoms with Crippen LogP contribution < -0.4 is 10.6 Å². The van der Waals surface area contributed by atoms with E-state index in [9.17, 15) is 0 Å². The maximum Gasteiger partial charge on any atom is 0.191 e. The summed E-state index contributed by atoms with van der Waals surface area (Å²) in [6, 6.07) is 15.4. The van der Waals surface area contributed by atoms with Gasteiger partial charge in [0.25, 0.3) is 0 Å². The van der Waals surface area contributed by atoms with Crippen LogP contribution in [0.4, 0.5) is 0 Å². The number of likely N-dealkylation sites (tertiary alicyclic amines) is 1. The Bertz CT molecular complexity index is 838. The van der Waals surface area contributed by atoms with Gasteiger partial charge in [0.15, 0.2) is 5.96 Å². The Morgan fingerprint density at radius 3 is 2.55 bits per heavy atom. The molecule has 5 nitrogen and oxygen atoms in total. The molecule has 156 valence electrons. The molecule has 2 aromatic rings. The van der Waals surface area contributed by atoms with Crippen LogP contribution in [0.3, 0.4) is 0 Å². The van der Waals surface area contributed by atoms with Crippen LogP contribution in [0.25, 0.3) is 10.8 Å². The molecule has 0 aliphatic carbocycles. The first-order valence-electron chi connectivity index (χ1n) is 11.0. The summed E-state index contributed by atoms with van der Waals surface area (Å²) in [4.78, 5) is 7.19. The van der Waals surface area contributed by atoms with Gasteiger partial charge in [0.1, 0.15) is 0 Å². The van der Waals surface area contributed by atoms with Crippen LogP contribution in [0, 0.1) is 0 Å². The summed E-state index contributed by atoms with van der Waals surface area (Å²) >= 11 is 0. The standard InChI is InChI=1S/C24H34N4O/c1-19(21-10-9-20-7-3-4-8-22(20)17-21)27-23(25-2)26-18-24(11-15-29-16-12-24)28-13-5-6-14-28/h3-4,7-10,17,19H,5-6,11-16,18H2,1-2H3,(H2,25,26,27). The summed E-state index contributed by atoms with van der Waals surface area (Å²) in [7, 11) is 1.86. The van der Waals surface area contributed by atoms with Gasteiger partial charge < -0.3 is 15.4 Å². The third kappa shape index (κ3) is 4.57. The summed E-state index contributed by atoms with van der Waals surface area (Å²) in [5.41, 5.74) is 1.46. The lowest BCUT2D eigenvalue weighted by Gasteiger charge is -2.45. The molecule has 0 aromatic heterocycles. The average molecular weight is 395 g/mol. The second kappa shape index (κ2) is 9.14. The van der Waals surface area contributed by atoms with Crippen LogP contribution in [0.5, 0.6) is 0 Å². The van der Waals surface area contributed by atoms with Crippen molar-refractivity contribution in [2.45, 2.75) is 44.2 Å². The van der Waals surface area contributed by atoms with Crippen molar-refractivity contribution < 1.29 is 4.74 Å². The molecule has 2 saturated heterocycles. The molecule has 2 heterocycles. The van der Waals surface area contributed by atoms with Crippen molar-refractivity contribution in [3.8, 4) is 0 Å². The van der Waals surface area contributed by atoms with E-state index in [4.69, 9.17) is 4.74 Å². The van der Waals surface area contributed by atoms with Gasteiger partial charge in [-0.1, -0.05) is 36.4 Å². The normalized spacial score (nSPS) is 21.2. The molecule has 5 heteroatoms. The summed E-state index contributed by atoms with van der Waals surface area (Å²) in [5, 5.41) is 9.77. The second-order valence-corrected chi connectivity index (χ2v) is 8.43. The largest absolute Gasteiger partial charge is 0.381 e. The fraction of sp³-hybridized carbons (Fsp3) is 0.542. The number of hydrogen-bond acceptors (Lipinski definition) is 3. The Hall–Kier alpha value is -2.11. The maximum absolute atomic E-state index is 5.67. The molecule has 2 fully saturated rings. The molecule has 2 N–H and O–H groups in total. The molecule has 0 bridgehead atoms. The third-order valence-corrected chi connectivity index (χ3v) is 6.64. The van der Waals surface area contributed by atoms with Crippen molar-refractivity contribution in [2.24, 2.45) is 4.99 Å². The first kappa shape index (κ1) is 20.2. The number of rotatable bonds is 5. The lowest BCUT2D eigenvalue weighted by Crippen LogP contribution is -2.58. The van der Waals surface area contributed by atoms with E-state index in [1.807, 2.05) is 7.05 Å². The fourth-order valence-corrected chi connectivity index (χ4v) is 4.76. The number of nitrogens with one attached hydrogen (secondary N) is 2. The van der Waals surface area contributed by atoms with E-state index in [-0.39, 0.29) is 11.6 Å². The molecule has 2 aliphatic heterocycles. The van der Waals surface area contributed by atoms with Crippen LogP contribution in [-0.4, -0.2) is 56.3 Å². The summed E-state index contributed by atoms with van der Waals surface area (Å²) in [6.45, 7) is 7.25. The minimum atomic E-state index is 0.184. The van der Waals surface area contributed by atoms with Crippen molar-refractivity contribution in [3.05, 3.63) is 48.0 Å². The zero-order chi connectivity index (χ0) is 20.1. The molecular formula is C24H34N4O. The topological polar surface area (TPSA) is 48.9 Å². The first-order valence-corrected chi connectivity index (χ1v) is 11.0. The van der Waals surface area contributed by atoms with Gasteiger partial charge in [-0.3, -0.25) is 9.89 Å². The van der Waals surface area contributed by atoms with Crippen LogP contribution in [0.2, 0.25) is 0 Å². The zero-order valence-electron chi connectivity index (χ0n) is 17.8. The second-order valence-electron chi connectivity index (χ2n) is 8.43. The Kier molecular flexibility index (Phi) is 6.36. The summed E-state index contributed by atoms with van der Waals surface area (Å²) < 4.78 is 5.67. The molecule has 0 spiro atoms. The zero-order valence-corrected chi connectivity index (χ0v) is 17.8. The quantitative estimate of drug-likeness (QED) is 0.600. The van der Waals surface area contributed by atoms with E-state index in [2.05, 4.69) is 69.9 Å². The lowest BCUT2D eigenvalue weighted by molar-refractivity contribution is -0.0164. The number of fused-ring (bicyclic) bond motifs is 1. The maximum atomic E-state index is 5.67. The van der Waals surface area contributed by atoms with Gasteiger partial charge in [-0.15, -0.1) is 0 Å². The van der Waals surface area contributed by atoms with Crippen molar-refractivity contribution in [2.75, 3.05) is 39.9 Å². The van der Waals surface area contributed by atoms with E-state index in [1.165, 1.54) is 42.3 Å². The molecule has 29 heavy (non-hydrogen) atoms. The van der Waals surface area contributed by atoms with Gasteiger partial charge in [-0.25, -0.2) is 0 Å². The molecular weight excluding hydrogens is 360 g/mol. The fourth-order valence-electron chi connectivity index (χ4n) is 4.76. The Morgan fingerprint density at radius 2 is 1.83 bits per heavy atom. The van der Waals surface area contributed by atoms with E-state index in [1.54, 1.807) is 0 Å². The molecule has 2 aromatic carbocycles. The molecule has 1 unspecified atom stereocenters. The first-order chi connectivity index (χ1) is 14.2. The predicted molar refractivity (Wildman–Crippen MR) is 120 cm³/mol. The average Bonchev–Trinajstić information content (AvgIpc) is 3.32. The van der Waals surface area contributed by atoms with E-state index in [0.29, 0.717) is 0 Å². The monoisotopic (exact) mass is 394 g/mol. The predicted octanol–water partition coefficient (Wildman–Crippen LogP) is 3.71. The highest BCUT2D eigenvalue weighted by atomic mass is 16.5. The Labute approximate surface area is 174 Å². The number of benzene rings is 2. The van der Waals surface area contributed by atoms with Crippen LogP contribution >= 0.6 is 0 Å². The molecule has 0 saturated carbocycles. The minimum absolute atomic E-state index is 0.184. The van der Waals surface area contributed by atoms with Crippen LogP contribution in [0.1, 0.15) is 44.2 Å². The highest BCUT2D eigenvalue weighted by Gasteiger charge is 2.39. The van der Waals surface area contributed by atoms with Gasteiger partial charge in [0.05, 0.1) is 6.04 Å². The Balaban J connectivity index is 1.41. The van der Waals surface area contributed by atoms with E-state index >= 15 is 0 Å². The highest BCUT2D eigenvalue weighted by molar-refractivity contribution is 5.84. The SMILES string of the molecule is CN=C(NCC1(N2CCCC2)CCOCC1)NC(C)c1ccc2ccccc2c1. The molecule has 0 radical (unpaired) electrons. The molecule has 4 rings (SSSR count). The molecule has 1 atom stereocenters. The van der Waals surface area contributed by atoms with Crippen LogP contribution in [0.15, 0.2) is 47.5 Å². The van der Waals surface area contributed by atoms with Crippen molar-refractivity contribution in [3.63, 3.8) is 0 Å². The molecule has 2 aliphatic rings. The minimum Gasteiger partial charge on any atom is -0.381 e. The Morgan fingerprint density at radius 1 is 1.10 bits per heavy atom. The van der Waals surface area contributed by atoms with Gasteiger partial charge in [0.2, 0.25) is 0 Å².